The van der Waals surface area contributed by atoms with E-state index in [0.717, 1.165) is 0 Å². The normalized spacial score (nSPS) is 10.3. The molecular formula is C13H11ClO5. The molecule has 1 heterocycles. The maximum Gasteiger partial charge on any atom is 0.371 e. The van der Waals surface area contributed by atoms with Gasteiger partial charge >= 0.3 is 5.97 Å². The van der Waals surface area contributed by atoms with E-state index >= 15 is 0 Å². The van der Waals surface area contributed by atoms with E-state index in [2.05, 4.69) is 0 Å². The first-order chi connectivity index (χ1) is 9.08. The lowest BCUT2D eigenvalue weighted by Gasteiger charge is -2.11. The van der Waals surface area contributed by atoms with Crippen LogP contribution in [0.25, 0.3) is 11.3 Å². The maximum absolute atomic E-state index is 10.8. The summed E-state index contributed by atoms with van der Waals surface area (Å²) in [4.78, 5) is 10.8. The number of carbonyl (C=O) groups is 1. The molecule has 2 aromatic rings. The van der Waals surface area contributed by atoms with Crippen molar-refractivity contribution in [1.29, 1.82) is 0 Å². The summed E-state index contributed by atoms with van der Waals surface area (Å²) in [5.74, 6) is -0.0905. The van der Waals surface area contributed by atoms with Gasteiger partial charge in [-0.25, -0.2) is 4.79 Å². The second-order valence-electron chi connectivity index (χ2n) is 3.63. The molecule has 19 heavy (non-hydrogen) atoms. The van der Waals surface area contributed by atoms with E-state index in [1.165, 1.54) is 20.3 Å². The number of carboxylic acid groups (broad SMARTS) is 1. The number of hydrogen-bond donors (Lipinski definition) is 1. The summed E-state index contributed by atoms with van der Waals surface area (Å²) in [7, 11) is 2.96. The highest BCUT2D eigenvalue weighted by Gasteiger charge is 2.18. The van der Waals surface area contributed by atoms with E-state index in [1.54, 1.807) is 18.2 Å². The monoisotopic (exact) mass is 282 g/mol. The average molecular weight is 283 g/mol. The summed E-state index contributed by atoms with van der Waals surface area (Å²) in [6, 6.07) is 6.26. The Labute approximate surface area is 114 Å². The minimum absolute atomic E-state index is 0.149. The molecule has 0 saturated carbocycles. The molecular weight excluding hydrogens is 272 g/mol. The van der Waals surface area contributed by atoms with Crippen LogP contribution in [0, 0.1) is 0 Å². The fraction of sp³-hybridized carbons (Fsp3) is 0.154. The van der Waals surface area contributed by atoms with Gasteiger partial charge in [-0.2, -0.15) is 0 Å². The predicted molar refractivity (Wildman–Crippen MR) is 69.2 cm³/mol. The van der Waals surface area contributed by atoms with Gasteiger partial charge in [0.05, 0.1) is 19.8 Å². The number of methoxy groups -OCH3 is 2. The van der Waals surface area contributed by atoms with Crippen LogP contribution >= 0.6 is 11.6 Å². The van der Waals surface area contributed by atoms with Crippen molar-refractivity contribution < 1.29 is 23.8 Å². The molecule has 1 N–H and O–H groups in total. The highest BCUT2D eigenvalue weighted by molar-refractivity contribution is 6.34. The van der Waals surface area contributed by atoms with Crippen molar-refractivity contribution in [2.75, 3.05) is 14.2 Å². The Morgan fingerprint density at radius 2 is 1.95 bits per heavy atom. The van der Waals surface area contributed by atoms with Crippen LogP contribution < -0.4 is 9.47 Å². The molecule has 0 atom stereocenters. The molecule has 100 valence electrons. The zero-order valence-electron chi connectivity index (χ0n) is 10.3. The van der Waals surface area contributed by atoms with Gasteiger partial charge in [-0.05, 0) is 24.3 Å². The Morgan fingerprint density at radius 3 is 2.47 bits per heavy atom. The summed E-state index contributed by atoms with van der Waals surface area (Å²) < 4.78 is 15.5. The van der Waals surface area contributed by atoms with Gasteiger partial charge in [0, 0.05) is 0 Å². The molecule has 5 nitrogen and oxygen atoms in total. The Bertz CT molecular complexity index is 617. The lowest BCUT2D eigenvalue weighted by atomic mass is 10.1. The molecule has 1 aromatic heterocycles. The Hall–Kier alpha value is -2.14. The van der Waals surface area contributed by atoms with Gasteiger partial charge in [0.1, 0.15) is 16.5 Å². The van der Waals surface area contributed by atoms with E-state index in [0.29, 0.717) is 27.8 Å². The fourth-order valence-electron chi connectivity index (χ4n) is 1.69. The van der Waals surface area contributed by atoms with Crippen molar-refractivity contribution in [2.24, 2.45) is 0 Å². The van der Waals surface area contributed by atoms with Gasteiger partial charge < -0.3 is 19.0 Å². The second-order valence-corrected chi connectivity index (χ2v) is 4.01. The number of halogens is 1. The van der Waals surface area contributed by atoms with Gasteiger partial charge in [0.15, 0.2) is 5.75 Å². The highest BCUT2D eigenvalue weighted by Crippen LogP contribution is 2.42. The third kappa shape index (κ3) is 2.37. The number of furan rings is 1. The standard InChI is InChI=1S/C13H11ClO5/c1-17-9-4-3-7(12(18-2)11(9)14)8-5-6-10(19-8)13(15)16/h3-6H,1-2H3,(H,15,16). The lowest BCUT2D eigenvalue weighted by molar-refractivity contribution is 0.0663. The van der Waals surface area contributed by atoms with E-state index in [4.69, 9.17) is 30.6 Å². The molecule has 1 aromatic carbocycles. The number of ether oxygens (including phenoxy) is 2. The van der Waals surface area contributed by atoms with Crippen molar-refractivity contribution in [3.05, 3.63) is 35.0 Å². The first-order valence-corrected chi connectivity index (χ1v) is 5.70. The first kappa shape index (κ1) is 13.3. The molecule has 6 heteroatoms. The van der Waals surface area contributed by atoms with E-state index in [9.17, 15) is 4.79 Å². The number of hydrogen-bond acceptors (Lipinski definition) is 4. The summed E-state index contributed by atoms with van der Waals surface area (Å²) in [5.41, 5.74) is 0.556. The predicted octanol–water partition coefficient (Wildman–Crippen LogP) is 3.32. The van der Waals surface area contributed by atoms with Crippen LogP contribution in [0.3, 0.4) is 0 Å². The maximum atomic E-state index is 10.8. The van der Waals surface area contributed by atoms with Crippen LogP contribution in [0.2, 0.25) is 5.02 Å². The molecule has 0 fully saturated rings. The summed E-state index contributed by atoms with van der Waals surface area (Å²) in [5, 5.41) is 9.14. The Kier molecular flexibility index (Phi) is 3.66. The van der Waals surface area contributed by atoms with Gasteiger partial charge in [-0.3, -0.25) is 0 Å². The Morgan fingerprint density at radius 1 is 1.21 bits per heavy atom. The number of carboxylic acids is 1. The average Bonchev–Trinajstić information content (AvgIpc) is 2.87. The van der Waals surface area contributed by atoms with Gasteiger partial charge in [0.25, 0.3) is 0 Å². The second kappa shape index (κ2) is 5.24. The third-order valence-corrected chi connectivity index (χ3v) is 2.93. The van der Waals surface area contributed by atoms with Crippen molar-refractivity contribution in [2.45, 2.75) is 0 Å². The van der Waals surface area contributed by atoms with Crippen molar-refractivity contribution >= 4 is 17.6 Å². The number of rotatable bonds is 4. The zero-order valence-corrected chi connectivity index (χ0v) is 11.0. The quantitative estimate of drug-likeness (QED) is 0.931. The molecule has 0 aliphatic heterocycles. The third-order valence-electron chi connectivity index (χ3n) is 2.57. The summed E-state index contributed by atoms with van der Waals surface area (Å²) >= 11 is 6.13. The zero-order chi connectivity index (χ0) is 14.0. The SMILES string of the molecule is COc1ccc(-c2ccc(C(=O)O)o2)c(OC)c1Cl. The van der Waals surface area contributed by atoms with Crippen LogP contribution in [0.4, 0.5) is 0 Å². The van der Waals surface area contributed by atoms with E-state index in [-0.39, 0.29) is 5.76 Å². The molecule has 2 rings (SSSR count). The topological polar surface area (TPSA) is 68.9 Å². The molecule has 0 amide bonds. The molecule has 0 unspecified atom stereocenters. The van der Waals surface area contributed by atoms with Gasteiger partial charge in [-0.15, -0.1) is 0 Å². The fourth-order valence-corrected chi connectivity index (χ4v) is 2.01. The molecule has 0 aliphatic rings. The molecule has 0 radical (unpaired) electrons. The van der Waals surface area contributed by atoms with Crippen molar-refractivity contribution in [1.82, 2.24) is 0 Å². The summed E-state index contributed by atoms with van der Waals surface area (Å²) in [6.07, 6.45) is 0. The van der Waals surface area contributed by atoms with E-state index in [1.807, 2.05) is 0 Å². The van der Waals surface area contributed by atoms with Crippen molar-refractivity contribution in [3.63, 3.8) is 0 Å². The van der Waals surface area contributed by atoms with Gasteiger partial charge in [-0.1, -0.05) is 11.6 Å². The Balaban J connectivity index is 2.55. The van der Waals surface area contributed by atoms with Crippen LogP contribution in [0.5, 0.6) is 11.5 Å². The molecule has 0 spiro atoms. The molecule has 0 bridgehead atoms. The van der Waals surface area contributed by atoms with Crippen molar-refractivity contribution in [3.8, 4) is 22.8 Å². The van der Waals surface area contributed by atoms with Crippen LogP contribution in [-0.4, -0.2) is 25.3 Å². The van der Waals surface area contributed by atoms with Crippen LogP contribution in [0.15, 0.2) is 28.7 Å². The largest absolute Gasteiger partial charge is 0.495 e. The highest BCUT2D eigenvalue weighted by atomic mass is 35.5. The molecule has 0 saturated heterocycles. The van der Waals surface area contributed by atoms with Crippen LogP contribution in [-0.2, 0) is 0 Å². The minimum atomic E-state index is -1.13. The lowest BCUT2D eigenvalue weighted by Crippen LogP contribution is -1.93. The number of aromatic carboxylic acids is 1. The first-order valence-electron chi connectivity index (χ1n) is 5.32. The smallest absolute Gasteiger partial charge is 0.371 e. The van der Waals surface area contributed by atoms with Gasteiger partial charge in [0.2, 0.25) is 5.76 Å². The minimum Gasteiger partial charge on any atom is -0.495 e. The molecule has 0 aliphatic carbocycles. The van der Waals surface area contributed by atoms with E-state index < -0.39 is 5.97 Å². The summed E-state index contributed by atoms with van der Waals surface area (Å²) in [6.45, 7) is 0. The number of benzene rings is 1. The van der Waals surface area contributed by atoms with Crippen LogP contribution in [0.1, 0.15) is 10.6 Å².